The van der Waals surface area contributed by atoms with E-state index in [9.17, 15) is 22.4 Å². The molecular weight excluding hydrogens is 533 g/mol. The Labute approximate surface area is 215 Å². The number of hydrogen-bond acceptors (Lipinski definition) is 6. The SMILES string of the molecule is CN1C(C(=O)Nc2ccc(F)c(Cl)c2)CC(c2ccc(-c3ccc(OCC(=O)O)cc3)s2)NS1(=O)=O. The fraction of sp³-hybridized carbons (Fsp3) is 0.217. The van der Waals surface area contributed by atoms with Crippen LogP contribution in [0.25, 0.3) is 10.4 Å². The summed E-state index contributed by atoms with van der Waals surface area (Å²) < 4.78 is 47.7. The molecule has 1 aliphatic heterocycles. The van der Waals surface area contributed by atoms with E-state index >= 15 is 0 Å². The minimum absolute atomic E-state index is 0.162. The second-order valence-corrected chi connectivity index (χ2v) is 11.3. The van der Waals surface area contributed by atoms with Crippen molar-refractivity contribution in [2.24, 2.45) is 0 Å². The number of rotatable bonds is 7. The smallest absolute Gasteiger partial charge is 0.341 e. The highest BCUT2D eigenvalue weighted by molar-refractivity contribution is 7.87. The summed E-state index contributed by atoms with van der Waals surface area (Å²) in [5.41, 5.74) is 1.09. The minimum atomic E-state index is -3.96. The standard InChI is InChI=1S/C23H21ClFN3O6S2/c1-28-19(23(31)26-14-4-7-17(25)16(24)10-14)11-18(27-36(28,32)33)21-9-8-20(35-21)13-2-5-15(6-3-13)34-12-22(29)30/h2-10,18-19,27H,11-12H2,1H3,(H,26,31)(H,29,30). The zero-order chi connectivity index (χ0) is 26.0. The molecule has 36 heavy (non-hydrogen) atoms. The minimum Gasteiger partial charge on any atom is -0.482 e. The number of carbonyl (C=O) groups is 2. The van der Waals surface area contributed by atoms with Crippen LogP contribution in [0.3, 0.4) is 0 Å². The van der Waals surface area contributed by atoms with E-state index in [0.717, 1.165) is 25.7 Å². The Balaban J connectivity index is 1.51. The van der Waals surface area contributed by atoms with Gasteiger partial charge in [0.25, 0.3) is 10.2 Å². The molecule has 0 radical (unpaired) electrons. The van der Waals surface area contributed by atoms with Gasteiger partial charge < -0.3 is 15.2 Å². The number of benzene rings is 2. The third-order valence-corrected chi connectivity index (χ3v) is 8.66. The number of thiophene rings is 1. The van der Waals surface area contributed by atoms with Crippen LogP contribution >= 0.6 is 22.9 Å². The van der Waals surface area contributed by atoms with Crippen molar-refractivity contribution in [1.29, 1.82) is 0 Å². The summed E-state index contributed by atoms with van der Waals surface area (Å²) in [5, 5.41) is 11.2. The van der Waals surface area contributed by atoms with E-state index in [2.05, 4.69) is 10.0 Å². The first-order valence-electron chi connectivity index (χ1n) is 10.6. The summed E-state index contributed by atoms with van der Waals surface area (Å²) in [6, 6.07) is 12.5. The Hall–Kier alpha value is -3.03. The van der Waals surface area contributed by atoms with Crippen LogP contribution in [0.4, 0.5) is 10.1 Å². The van der Waals surface area contributed by atoms with Gasteiger partial charge in [0.05, 0.1) is 11.1 Å². The number of hydrogen-bond donors (Lipinski definition) is 3. The van der Waals surface area contributed by atoms with E-state index in [1.165, 1.54) is 30.5 Å². The number of halogens is 2. The highest BCUT2D eigenvalue weighted by Gasteiger charge is 2.41. The summed E-state index contributed by atoms with van der Waals surface area (Å²) in [5.74, 6) is -1.86. The molecule has 0 bridgehead atoms. The highest BCUT2D eigenvalue weighted by atomic mass is 35.5. The first kappa shape index (κ1) is 26.0. The molecule has 13 heteroatoms. The maximum absolute atomic E-state index is 13.4. The first-order valence-corrected chi connectivity index (χ1v) is 13.2. The van der Waals surface area contributed by atoms with Crippen molar-refractivity contribution in [2.75, 3.05) is 19.0 Å². The lowest BCUT2D eigenvalue weighted by molar-refractivity contribution is -0.139. The van der Waals surface area contributed by atoms with Crippen LogP contribution in [0.15, 0.2) is 54.6 Å². The molecule has 190 valence electrons. The number of carbonyl (C=O) groups excluding carboxylic acids is 1. The number of nitrogens with one attached hydrogen (secondary N) is 2. The molecule has 4 rings (SSSR count). The average molecular weight is 554 g/mol. The van der Waals surface area contributed by atoms with Gasteiger partial charge in [0.2, 0.25) is 5.91 Å². The topological polar surface area (TPSA) is 125 Å². The summed E-state index contributed by atoms with van der Waals surface area (Å²) in [7, 11) is -2.64. The lowest BCUT2D eigenvalue weighted by Crippen LogP contribution is -2.55. The number of likely N-dealkylation sites (N-methyl/N-ethyl adjacent to an activating group) is 1. The maximum atomic E-state index is 13.4. The van der Waals surface area contributed by atoms with Gasteiger partial charge in [0.15, 0.2) is 6.61 Å². The molecule has 9 nitrogen and oxygen atoms in total. The van der Waals surface area contributed by atoms with E-state index in [1.807, 2.05) is 6.07 Å². The third kappa shape index (κ3) is 5.85. The number of carboxylic acid groups (broad SMARTS) is 1. The molecule has 0 spiro atoms. The lowest BCUT2D eigenvalue weighted by atomic mass is 10.1. The molecule has 1 fully saturated rings. The highest BCUT2D eigenvalue weighted by Crippen LogP contribution is 2.36. The van der Waals surface area contributed by atoms with Crippen LogP contribution in [0.2, 0.25) is 5.02 Å². The zero-order valence-corrected chi connectivity index (χ0v) is 21.2. The molecule has 2 aromatic carbocycles. The van der Waals surface area contributed by atoms with Crippen molar-refractivity contribution >= 4 is 50.7 Å². The van der Waals surface area contributed by atoms with Crippen molar-refractivity contribution in [3.8, 4) is 16.2 Å². The lowest BCUT2D eigenvalue weighted by Gasteiger charge is -2.35. The van der Waals surface area contributed by atoms with Gasteiger partial charge in [0.1, 0.15) is 17.6 Å². The zero-order valence-electron chi connectivity index (χ0n) is 18.8. The average Bonchev–Trinajstić information content (AvgIpc) is 3.32. The van der Waals surface area contributed by atoms with E-state index in [4.69, 9.17) is 21.4 Å². The predicted octanol–water partition coefficient (Wildman–Crippen LogP) is 3.89. The largest absolute Gasteiger partial charge is 0.482 e. The fourth-order valence-electron chi connectivity index (χ4n) is 3.65. The Morgan fingerprint density at radius 1 is 1.22 bits per heavy atom. The maximum Gasteiger partial charge on any atom is 0.341 e. The van der Waals surface area contributed by atoms with Crippen LogP contribution < -0.4 is 14.8 Å². The monoisotopic (exact) mass is 553 g/mol. The third-order valence-electron chi connectivity index (χ3n) is 5.53. The number of anilines is 1. The van der Waals surface area contributed by atoms with E-state index in [-0.39, 0.29) is 17.1 Å². The molecule has 1 aliphatic rings. The molecule has 0 aliphatic carbocycles. The molecule has 1 amide bonds. The Kier molecular flexibility index (Phi) is 7.62. The Morgan fingerprint density at radius 2 is 1.94 bits per heavy atom. The molecule has 1 aromatic heterocycles. The number of aliphatic carboxylic acids is 1. The van der Waals surface area contributed by atoms with E-state index in [0.29, 0.717) is 5.75 Å². The number of carboxylic acids is 1. The summed E-state index contributed by atoms with van der Waals surface area (Å²) in [6.07, 6.45) is 0.165. The predicted molar refractivity (Wildman–Crippen MR) is 134 cm³/mol. The van der Waals surface area contributed by atoms with Gasteiger partial charge in [-0.25, -0.2) is 9.18 Å². The second-order valence-electron chi connectivity index (χ2n) is 7.97. The van der Waals surface area contributed by atoms with Crippen molar-refractivity contribution < 1.29 is 32.2 Å². The first-order chi connectivity index (χ1) is 17.0. The van der Waals surface area contributed by atoms with Crippen molar-refractivity contribution in [2.45, 2.75) is 18.5 Å². The summed E-state index contributed by atoms with van der Waals surface area (Å²) in [6.45, 7) is -0.443. The molecule has 2 unspecified atom stereocenters. The van der Waals surface area contributed by atoms with Gasteiger partial charge >= 0.3 is 5.97 Å². The number of nitrogens with zero attached hydrogens (tertiary/aromatic N) is 1. The summed E-state index contributed by atoms with van der Waals surface area (Å²) in [4.78, 5) is 25.2. The molecule has 2 atom stereocenters. The molecule has 3 N–H and O–H groups in total. The molecule has 1 saturated heterocycles. The molecule has 2 heterocycles. The van der Waals surface area contributed by atoms with E-state index in [1.54, 1.807) is 30.3 Å². The van der Waals surface area contributed by atoms with Gasteiger partial charge in [-0.15, -0.1) is 11.3 Å². The molecule has 3 aromatic rings. The normalized spacial score (nSPS) is 19.5. The number of amides is 1. The van der Waals surface area contributed by atoms with Gasteiger partial charge in [0, 0.05) is 22.5 Å². The Morgan fingerprint density at radius 3 is 2.61 bits per heavy atom. The van der Waals surface area contributed by atoms with Crippen LogP contribution in [0.5, 0.6) is 5.75 Å². The fourth-order valence-corrected chi connectivity index (χ4v) is 6.25. The van der Waals surface area contributed by atoms with E-state index < -0.39 is 46.6 Å². The van der Waals surface area contributed by atoms with Crippen LogP contribution in [-0.4, -0.2) is 49.4 Å². The van der Waals surface area contributed by atoms with Crippen LogP contribution in [0, 0.1) is 5.82 Å². The van der Waals surface area contributed by atoms with Gasteiger partial charge in [-0.1, -0.05) is 11.6 Å². The van der Waals surface area contributed by atoms with Crippen molar-refractivity contribution in [1.82, 2.24) is 9.03 Å². The van der Waals surface area contributed by atoms with Gasteiger partial charge in [-0.3, -0.25) is 4.79 Å². The van der Waals surface area contributed by atoms with Gasteiger partial charge in [-0.05, 0) is 66.6 Å². The molecule has 0 saturated carbocycles. The van der Waals surface area contributed by atoms with Crippen LogP contribution in [0.1, 0.15) is 17.3 Å². The van der Waals surface area contributed by atoms with Crippen molar-refractivity contribution in [3.05, 3.63) is 70.3 Å². The number of ether oxygens (including phenoxy) is 1. The van der Waals surface area contributed by atoms with Crippen LogP contribution in [-0.2, 0) is 19.8 Å². The Bertz CT molecular complexity index is 1400. The quantitative estimate of drug-likeness (QED) is 0.408. The van der Waals surface area contributed by atoms with Gasteiger partial charge in [-0.2, -0.15) is 17.4 Å². The molecular formula is C23H21ClFN3O6S2. The summed E-state index contributed by atoms with van der Waals surface area (Å²) >= 11 is 7.15. The van der Waals surface area contributed by atoms with Crippen molar-refractivity contribution in [3.63, 3.8) is 0 Å². The second kappa shape index (κ2) is 10.5.